The number of rotatable bonds is 3. The van der Waals surface area contributed by atoms with Gasteiger partial charge in [0, 0.05) is 35.1 Å². The molecule has 1 rings (SSSR count). The van der Waals surface area contributed by atoms with Crippen molar-refractivity contribution in [2.45, 2.75) is 6.92 Å². The summed E-state index contributed by atoms with van der Waals surface area (Å²) in [6.45, 7) is 1.41. The predicted octanol–water partition coefficient (Wildman–Crippen LogP) is 0.384. The normalized spacial score (nSPS) is 9.24. The number of nitrogens with zero attached hydrogens (tertiary/aromatic N) is 5. The van der Waals surface area contributed by atoms with Crippen LogP contribution in [0.5, 0.6) is 0 Å². The molecule has 0 radical (unpaired) electrons. The number of halogens is 1. The highest BCUT2D eigenvalue weighted by Crippen LogP contribution is 2.12. The maximum atomic E-state index is 10.9. The average Bonchev–Trinajstić information content (AvgIpc) is 2.15. The van der Waals surface area contributed by atoms with Crippen molar-refractivity contribution in [1.82, 2.24) is 15.0 Å². The largest absolute Gasteiger partial charge is 0.347 e. The second-order valence-corrected chi connectivity index (χ2v) is 3.73. The molecule has 7 nitrogen and oxygen atoms in total. The standard InChI is InChI=1S/C9H16N6O.ClH/c1-6(16)10-7-11-8(14(2)3)13-9(12-7)15(4)5;/h1-5H3,(H,10,11,12,13,16);1H. The average molecular weight is 261 g/mol. The fourth-order valence-corrected chi connectivity index (χ4v) is 0.967. The second-order valence-electron chi connectivity index (χ2n) is 3.73. The maximum Gasteiger partial charge on any atom is 0.236 e. The van der Waals surface area contributed by atoms with E-state index in [9.17, 15) is 4.79 Å². The number of carbonyl (C=O) groups excluding carboxylic acids is 1. The molecule has 8 heteroatoms. The van der Waals surface area contributed by atoms with E-state index in [2.05, 4.69) is 20.3 Å². The van der Waals surface area contributed by atoms with Crippen LogP contribution >= 0.6 is 12.4 Å². The van der Waals surface area contributed by atoms with E-state index in [-0.39, 0.29) is 24.3 Å². The summed E-state index contributed by atoms with van der Waals surface area (Å²) in [4.78, 5) is 26.9. The maximum absolute atomic E-state index is 10.9. The van der Waals surface area contributed by atoms with Crippen molar-refractivity contribution in [3.8, 4) is 0 Å². The molecular weight excluding hydrogens is 244 g/mol. The molecule has 1 aromatic heterocycles. The van der Waals surface area contributed by atoms with Crippen LogP contribution < -0.4 is 15.1 Å². The van der Waals surface area contributed by atoms with E-state index in [1.165, 1.54) is 6.92 Å². The smallest absolute Gasteiger partial charge is 0.236 e. The second kappa shape index (κ2) is 6.19. The van der Waals surface area contributed by atoms with E-state index in [1.54, 1.807) is 9.80 Å². The first-order valence-electron chi connectivity index (χ1n) is 4.78. The molecule has 0 atom stereocenters. The van der Waals surface area contributed by atoms with Crippen molar-refractivity contribution in [2.75, 3.05) is 43.3 Å². The van der Waals surface area contributed by atoms with Crippen molar-refractivity contribution in [1.29, 1.82) is 0 Å². The van der Waals surface area contributed by atoms with Crippen LogP contribution in [0.4, 0.5) is 17.8 Å². The van der Waals surface area contributed by atoms with Crippen molar-refractivity contribution in [2.24, 2.45) is 0 Å². The Kier molecular flexibility index (Phi) is 5.60. The minimum absolute atomic E-state index is 0. The molecule has 0 aromatic carbocycles. The first kappa shape index (κ1) is 15.4. The lowest BCUT2D eigenvalue weighted by molar-refractivity contribution is -0.114. The Bertz CT molecular complexity index is 369. The topological polar surface area (TPSA) is 74.2 Å². The number of hydrogen-bond donors (Lipinski definition) is 1. The minimum atomic E-state index is -0.208. The van der Waals surface area contributed by atoms with Crippen molar-refractivity contribution >= 4 is 36.2 Å². The Morgan fingerprint density at radius 2 is 1.41 bits per heavy atom. The molecule has 96 valence electrons. The SMILES string of the molecule is CC(=O)Nc1nc(N(C)C)nc(N(C)C)n1.Cl. The highest BCUT2D eigenvalue weighted by atomic mass is 35.5. The third kappa shape index (κ3) is 4.39. The predicted molar refractivity (Wildman–Crippen MR) is 70.0 cm³/mol. The molecule has 0 aliphatic carbocycles. The van der Waals surface area contributed by atoms with Gasteiger partial charge in [-0.2, -0.15) is 15.0 Å². The van der Waals surface area contributed by atoms with Crippen LogP contribution in [0.2, 0.25) is 0 Å². The number of nitrogens with one attached hydrogen (secondary N) is 1. The van der Waals surface area contributed by atoms with Gasteiger partial charge in [-0.15, -0.1) is 12.4 Å². The van der Waals surface area contributed by atoms with E-state index < -0.39 is 0 Å². The van der Waals surface area contributed by atoms with Crippen LogP contribution in [0.15, 0.2) is 0 Å². The Hall–Kier alpha value is -1.63. The third-order valence-electron chi connectivity index (χ3n) is 1.70. The zero-order valence-corrected chi connectivity index (χ0v) is 11.4. The van der Waals surface area contributed by atoms with Gasteiger partial charge >= 0.3 is 0 Å². The summed E-state index contributed by atoms with van der Waals surface area (Å²) in [5, 5.41) is 2.54. The molecule has 0 aliphatic rings. The van der Waals surface area contributed by atoms with Gasteiger partial charge in [-0.05, 0) is 0 Å². The molecule has 1 N–H and O–H groups in total. The van der Waals surface area contributed by atoms with Gasteiger partial charge in [0.05, 0.1) is 0 Å². The van der Waals surface area contributed by atoms with Crippen LogP contribution in [0.1, 0.15) is 6.92 Å². The van der Waals surface area contributed by atoms with E-state index >= 15 is 0 Å². The van der Waals surface area contributed by atoms with E-state index in [4.69, 9.17) is 0 Å². The molecular formula is C9H17ClN6O. The Morgan fingerprint density at radius 3 is 1.71 bits per heavy atom. The zero-order valence-electron chi connectivity index (χ0n) is 10.6. The molecule has 0 fully saturated rings. The number of carbonyl (C=O) groups is 1. The van der Waals surface area contributed by atoms with Crippen LogP contribution in [0, 0.1) is 0 Å². The molecule has 0 saturated heterocycles. The van der Waals surface area contributed by atoms with Gasteiger partial charge in [0.25, 0.3) is 0 Å². The Balaban J connectivity index is 0.00000256. The highest BCUT2D eigenvalue weighted by molar-refractivity contribution is 5.86. The number of hydrogen-bond acceptors (Lipinski definition) is 6. The molecule has 1 amide bonds. The van der Waals surface area contributed by atoms with Crippen LogP contribution in [0.3, 0.4) is 0 Å². The van der Waals surface area contributed by atoms with Crippen molar-refractivity contribution < 1.29 is 4.79 Å². The molecule has 1 aromatic rings. The summed E-state index contributed by atoms with van der Waals surface area (Å²) in [5.74, 6) is 1.06. The molecule has 1 heterocycles. The van der Waals surface area contributed by atoms with E-state index in [0.29, 0.717) is 11.9 Å². The fraction of sp³-hybridized carbons (Fsp3) is 0.556. The van der Waals surface area contributed by atoms with Gasteiger partial charge in [-0.3, -0.25) is 10.1 Å². The van der Waals surface area contributed by atoms with Crippen molar-refractivity contribution in [3.05, 3.63) is 0 Å². The molecule has 17 heavy (non-hydrogen) atoms. The highest BCUT2D eigenvalue weighted by Gasteiger charge is 2.09. The van der Waals surface area contributed by atoms with Gasteiger partial charge in [0.15, 0.2) is 0 Å². The summed E-state index contributed by atoms with van der Waals surface area (Å²) >= 11 is 0. The van der Waals surface area contributed by atoms with Crippen LogP contribution in [-0.4, -0.2) is 49.0 Å². The molecule has 0 unspecified atom stereocenters. The lowest BCUT2D eigenvalue weighted by Gasteiger charge is -2.15. The molecule has 0 aliphatic heterocycles. The van der Waals surface area contributed by atoms with Crippen LogP contribution in [0.25, 0.3) is 0 Å². The molecule has 0 bridgehead atoms. The van der Waals surface area contributed by atoms with Crippen LogP contribution in [-0.2, 0) is 4.79 Å². The van der Waals surface area contributed by atoms with Gasteiger partial charge in [-0.1, -0.05) is 0 Å². The molecule has 0 saturated carbocycles. The quantitative estimate of drug-likeness (QED) is 0.847. The van der Waals surface area contributed by atoms with E-state index in [0.717, 1.165) is 0 Å². The lowest BCUT2D eigenvalue weighted by atomic mass is 10.6. The first-order valence-corrected chi connectivity index (χ1v) is 4.78. The number of amides is 1. The summed E-state index contributed by atoms with van der Waals surface area (Å²) in [6.07, 6.45) is 0. The van der Waals surface area contributed by atoms with Crippen molar-refractivity contribution in [3.63, 3.8) is 0 Å². The number of anilines is 3. The number of aromatic nitrogens is 3. The van der Waals surface area contributed by atoms with E-state index in [1.807, 2.05) is 28.2 Å². The van der Waals surface area contributed by atoms with Gasteiger partial charge in [0.1, 0.15) is 0 Å². The Morgan fingerprint density at radius 1 is 1.00 bits per heavy atom. The summed E-state index contributed by atoms with van der Waals surface area (Å²) < 4.78 is 0. The van der Waals surface area contributed by atoms with Gasteiger partial charge < -0.3 is 9.80 Å². The van der Waals surface area contributed by atoms with Gasteiger partial charge in [0.2, 0.25) is 23.8 Å². The summed E-state index contributed by atoms with van der Waals surface area (Å²) in [5.41, 5.74) is 0. The fourth-order valence-electron chi connectivity index (χ4n) is 0.967. The lowest BCUT2D eigenvalue weighted by Crippen LogP contribution is -2.21. The minimum Gasteiger partial charge on any atom is -0.347 e. The zero-order chi connectivity index (χ0) is 12.3. The monoisotopic (exact) mass is 260 g/mol. The third-order valence-corrected chi connectivity index (χ3v) is 1.70. The summed E-state index contributed by atoms with van der Waals surface area (Å²) in [7, 11) is 7.30. The molecule has 0 spiro atoms. The first-order chi connectivity index (χ1) is 7.40. The van der Waals surface area contributed by atoms with Gasteiger partial charge in [-0.25, -0.2) is 0 Å². The Labute approximate surface area is 107 Å². The summed E-state index contributed by atoms with van der Waals surface area (Å²) in [6, 6.07) is 0.